The molecule has 33 heavy (non-hydrogen) atoms. The number of carbonyl (C=O) groups excluding carboxylic acids is 3. The second-order valence-electron chi connectivity index (χ2n) is 8.89. The predicted molar refractivity (Wildman–Crippen MR) is 120 cm³/mol. The fourth-order valence-corrected chi connectivity index (χ4v) is 4.88. The van der Waals surface area contributed by atoms with Crippen LogP contribution in [0.15, 0.2) is 48.5 Å². The van der Waals surface area contributed by atoms with Crippen molar-refractivity contribution in [2.75, 3.05) is 5.32 Å². The first-order chi connectivity index (χ1) is 15.8. The van der Waals surface area contributed by atoms with E-state index in [1.54, 1.807) is 43.3 Å². The van der Waals surface area contributed by atoms with Crippen LogP contribution in [0.4, 0.5) is 11.4 Å². The van der Waals surface area contributed by atoms with Gasteiger partial charge in [-0.15, -0.1) is 0 Å². The van der Waals surface area contributed by atoms with E-state index in [0.29, 0.717) is 24.0 Å². The van der Waals surface area contributed by atoms with Gasteiger partial charge in [-0.3, -0.25) is 24.5 Å². The molecule has 2 aromatic carbocycles. The number of anilines is 1. The molecule has 3 atom stereocenters. The number of esters is 1. The molecule has 0 aliphatic heterocycles. The minimum atomic E-state index is -1.27. The molecule has 1 amide bonds. The van der Waals surface area contributed by atoms with Crippen molar-refractivity contribution in [1.82, 2.24) is 0 Å². The van der Waals surface area contributed by atoms with Crippen molar-refractivity contribution in [1.29, 1.82) is 0 Å². The van der Waals surface area contributed by atoms with Gasteiger partial charge in [-0.05, 0) is 44.2 Å². The van der Waals surface area contributed by atoms with Crippen LogP contribution in [0.2, 0.25) is 0 Å². The van der Waals surface area contributed by atoms with Gasteiger partial charge < -0.3 is 10.1 Å². The van der Waals surface area contributed by atoms with Crippen molar-refractivity contribution in [3.05, 3.63) is 69.8 Å². The Labute approximate surface area is 191 Å². The van der Waals surface area contributed by atoms with Gasteiger partial charge in [0.1, 0.15) is 11.5 Å². The van der Waals surface area contributed by atoms with Crippen LogP contribution < -0.4 is 5.32 Å². The van der Waals surface area contributed by atoms with E-state index in [-0.39, 0.29) is 29.0 Å². The molecule has 2 saturated carbocycles. The average Bonchev–Trinajstić information content (AvgIpc) is 2.78. The lowest BCUT2D eigenvalue weighted by Gasteiger charge is -2.36. The molecular weight excluding hydrogens is 424 g/mol. The molecule has 0 heterocycles. The maximum absolute atomic E-state index is 13.2. The SMILES string of the molecule is Cc1ccc(NC(=O)C(OC(=O)C2CC3CCCC(C2)C3=O)c2ccccc2)c([N+](=O)[O-])c1. The van der Waals surface area contributed by atoms with Crippen molar-refractivity contribution in [3.63, 3.8) is 0 Å². The van der Waals surface area contributed by atoms with Crippen LogP contribution >= 0.6 is 0 Å². The van der Waals surface area contributed by atoms with E-state index < -0.39 is 28.8 Å². The number of carbonyl (C=O) groups is 3. The molecule has 2 fully saturated rings. The van der Waals surface area contributed by atoms with Gasteiger partial charge in [0, 0.05) is 23.5 Å². The van der Waals surface area contributed by atoms with Gasteiger partial charge in [0.25, 0.3) is 11.6 Å². The molecule has 2 bridgehead atoms. The van der Waals surface area contributed by atoms with E-state index in [1.807, 2.05) is 0 Å². The van der Waals surface area contributed by atoms with Crippen LogP contribution in [0, 0.1) is 34.8 Å². The Bertz CT molecular complexity index is 1070. The maximum Gasteiger partial charge on any atom is 0.310 e. The zero-order valence-electron chi connectivity index (χ0n) is 18.4. The highest BCUT2D eigenvalue weighted by Gasteiger charge is 2.42. The van der Waals surface area contributed by atoms with Gasteiger partial charge in [0.15, 0.2) is 0 Å². The molecule has 0 saturated heterocycles. The van der Waals surface area contributed by atoms with Crippen molar-refractivity contribution in [2.45, 2.75) is 45.1 Å². The quantitative estimate of drug-likeness (QED) is 0.393. The lowest BCUT2D eigenvalue weighted by atomic mass is 9.67. The molecule has 3 unspecified atom stereocenters. The standard InChI is InChI=1S/C25H26N2O6/c1-15-10-11-20(21(12-15)27(31)32)26-24(29)23(16-6-3-2-4-7-16)33-25(30)19-13-17-8-5-9-18(14-19)22(17)28/h2-4,6-7,10-12,17-19,23H,5,8-9,13-14H2,1H3,(H,26,29). The van der Waals surface area contributed by atoms with Gasteiger partial charge in [-0.2, -0.15) is 0 Å². The number of fused-ring (bicyclic) bond motifs is 2. The topological polar surface area (TPSA) is 116 Å². The van der Waals surface area contributed by atoms with Crippen LogP contribution in [0.3, 0.4) is 0 Å². The number of amides is 1. The van der Waals surface area contributed by atoms with E-state index >= 15 is 0 Å². The monoisotopic (exact) mass is 450 g/mol. The van der Waals surface area contributed by atoms with Crippen LogP contribution in [0.1, 0.15) is 49.3 Å². The molecule has 0 aromatic heterocycles. The summed E-state index contributed by atoms with van der Waals surface area (Å²) in [5.41, 5.74) is 0.943. The lowest BCUT2D eigenvalue weighted by Crippen LogP contribution is -2.40. The second-order valence-corrected chi connectivity index (χ2v) is 8.89. The summed E-state index contributed by atoms with van der Waals surface area (Å²) in [5, 5.41) is 14.0. The number of aryl methyl sites for hydroxylation is 1. The summed E-state index contributed by atoms with van der Waals surface area (Å²) in [6.07, 6.45) is 2.20. The van der Waals surface area contributed by atoms with E-state index in [1.165, 1.54) is 12.1 Å². The van der Waals surface area contributed by atoms with Crippen molar-refractivity contribution < 1.29 is 24.0 Å². The number of nitro groups is 1. The van der Waals surface area contributed by atoms with E-state index in [0.717, 1.165) is 19.3 Å². The van der Waals surface area contributed by atoms with Gasteiger partial charge in [0.05, 0.1) is 10.8 Å². The number of nitrogens with zero attached hydrogens (tertiary/aromatic N) is 1. The van der Waals surface area contributed by atoms with Gasteiger partial charge in [0.2, 0.25) is 6.10 Å². The number of hydrogen-bond acceptors (Lipinski definition) is 6. The molecule has 2 aromatic rings. The summed E-state index contributed by atoms with van der Waals surface area (Å²) < 4.78 is 5.70. The molecule has 172 valence electrons. The van der Waals surface area contributed by atoms with Crippen LogP contribution in [-0.4, -0.2) is 22.6 Å². The highest BCUT2D eigenvalue weighted by atomic mass is 16.6. The smallest absolute Gasteiger partial charge is 0.310 e. The summed E-state index contributed by atoms with van der Waals surface area (Å²) in [4.78, 5) is 49.5. The van der Waals surface area contributed by atoms with Gasteiger partial charge in [-0.1, -0.05) is 42.8 Å². The van der Waals surface area contributed by atoms with E-state index in [4.69, 9.17) is 4.74 Å². The fraction of sp³-hybridized carbons (Fsp3) is 0.400. The highest BCUT2D eigenvalue weighted by Crippen LogP contribution is 2.41. The fourth-order valence-electron chi connectivity index (χ4n) is 4.88. The van der Waals surface area contributed by atoms with Gasteiger partial charge in [-0.25, -0.2) is 0 Å². The average molecular weight is 450 g/mol. The largest absolute Gasteiger partial charge is 0.447 e. The lowest BCUT2D eigenvalue weighted by molar-refractivity contribution is -0.384. The Kier molecular flexibility index (Phi) is 6.53. The molecule has 0 radical (unpaired) electrons. The zero-order valence-corrected chi connectivity index (χ0v) is 18.4. The summed E-state index contributed by atoms with van der Waals surface area (Å²) in [6.45, 7) is 1.72. The third-order valence-electron chi connectivity index (χ3n) is 6.56. The van der Waals surface area contributed by atoms with E-state index in [2.05, 4.69) is 5.32 Å². The van der Waals surface area contributed by atoms with E-state index in [9.17, 15) is 24.5 Å². The molecule has 2 aliphatic carbocycles. The van der Waals surface area contributed by atoms with Crippen LogP contribution in [0.5, 0.6) is 0 Å². The predicted octanol–water partition coefficient (Wildman–Crippen LogP) is 4.52. The molecule has 1 N–H and O–H groups in total. The summed E-state index contributed by atoms with van der Waals surface area (Å²) in [5.74, 6) is -1.61. The maximum atomic E-state index is 13.2. The first-order valence-electron chi connectivity index (χ1n) is 11.2. The number of nitro benzene ring substituents is 1. The summed E-state index contributed by atoms with van der Waals surface area (Å²) in [7, 11) is 0. The van der Waals surface area contributed by atoms with Crippen LogP contribution in [-0.2, 0) is 19.1 Å². The number of Topliss-reactive ketones (excluding diaryl/α,β-unsaturated/α-hetero) is 1. The number of hydrogen-bond donors (Lipinski definition) is 1. The molecule has 2 aliphatic rings. The summed E-state index contributed by atoms with van der Waals surface area (Å²) in [6, 6.07) is 13.0. The third-order valence-corrected chi connectivity index (χ3v) is 6.56. The Morgan fingerprint density at radius 2 is 1.76 bits per heavy atom. The molecule has 0 spiro atoms. The number of rotatable bonds is 6. The molecule has 8 heteroatoms. The number of ether oxygens (including phenoxy) is 1. The number of nitrogens with one attached hydrogen (secondary N) is 1. The van der Waals surface area contributed by atoms with Crippen molar-refractivity contribution in [3.8, 4) is 0 Å². The van der Waals surface area contributed by atoms with Crippen molar-refractivity contribution >= 4 is 29.0 Å². The first-order valence-corrected chi connectivity index (χ1v) is 11.2. The highest BCUT2D eigenvalue weighted by molar-refractivity contribution is 5.98. The van der Waals surface area contributed by atoms with Gasteiger partial charge >= 0.3 is 5.97 Å². The molecular formula is C25H26N2O6. The van der Waals surface area contributed by atoms with Crippen LogP contribution in [0.25, 0.3) is 0 Å². The van der Waals surface area contributed by atoms with Crippen molar-refractivity contribution in [2.24, 2.45) is 17.8 Å². The molecule has 8 nitrogen and oxygen atoms in total. The minimum absolute atomic E-state index is 0.0328. The normalized spacial score (nSPS) is 22.8. The summed E-state index contributed by atoms with van der Waals surface area (Å²) >= 11 is 0. The third kappa shape index (κ3) is 4.94. The Balaban J connectivity index is 1.55. The number of benzene rings is 2. The Morgan fingerprint density at radius 1 is 1.09 bits per heavy atom. The first kappa shape index (κ1) is 22.6. The zero-order chi connectivity index (χ0) is 23.5. The minimum Gasteiger partial charge on any atom is -0.447 e. The number of ketones is 1. The second kappa shape index (κ2) is 9.52. The Hall–Kier alpha value is -3.55. The Morgan fingerprint density at radius 3 is 2.39 bits per heavy atom. The molecule has 4 rings (SSSR count).